The lowest BCUT2D eigenvalue weighted by atomic mass is 9.96. The summed E-state index contributed by atoms with van der Waals surface area (Å²) in [5.74, 6) is 0.601. The first kappa shape index (κ1) is 28.2. The topological polar surface area (TPSA) is 76.8 Å². The van der Waals surface area contributed by atoms with Gasteiger partial charge in [0.1, 0.15) is 17.7 Å². The predicted octanol–water partition coefficient (Wildman–Crippen LogP) is 6.55. The van der Waals surface area contributed by atoms with Crippen molar-refractivity contribution in [1.82, 2.24) is 14.5 Å². The van der Waals surface area contributed by atoms with E-state index in [0.717, 1.165) is 66.1 Å². The molecule has 0 radical (unpaired) electrons. The summed E-state index contributed by atoms with van der Waals surface area (Å²) >= 11 is 0. The number of ether oxygens (including phenoxy) is 2. The Hall–Kier alpha value is -3.89. The maximum absolute atomic E-state index is 13.0. The molecule has 6 rings (SSSR count). The fraction of sp³-hybridized carbons (Fsp3) is 0.375. The molecular formula is C32H32F3N3O4. The fourth-order valence-electron chi connectivity index (χ4n) is 5.69. The molecule has 7 nitrogen and oxygen atoms in total. The molecule has 4 aromatic rings. The number of imidazole rings is 1. The van der Waals surface area contributed by atoms with Crippen LogP contribution in [0, 0.1) is 6.92 Å². The van der Waals surface area contributed by atoms with Crippen LogP contribution in [0.4, 0.5) is 13.2 Å². The quantitative estimate of drug-likeness (QED) is 0.255. The van der Waals surface area contributed by atoms with Gasteiger partial charge in [0.25, 0.3) is 0 Å². The van der Waals surface area contributed by atoms with Gasteiger partial charge in [-0.25, -0.2) is 9.78 Å². The van der Waals surface area contributed by atoms with Gasteiger partial charge in [-0.1, -0.05) is 18.2 Å². The van der Waals surface area contributed by atoms with E-state index in [1.54, 1.807) is 18.2 Å². The monoisotopic (exact) mass is 579 g/mol. The Morgan fingerprint density at radius 3 is 2.57 bits per heavy atom. The summed E-state index contributed by atoms with van der Waals surface area (Å²) in [4.78, 5) is 18.8. The lowest BCUT2D eigenvalue weighted by Crippen LogP contribution is -2.34. The van der Waals surface area contributed by atoms with E-state index < -0.39 is 23.8 Å². The average Bonchev–Trinajstić information content (AvgIpc) is 3.26. The van der Waals surface area contributed by atoms with Gasteiger partial charge in [-0.3, -0.25) is 4.90 Å². The van der Waals surface area contributed by atoms with Crippen molar-refractivity contribution in [3.05, 3.63) is 93.8 Å². The van der Waals surface area contributed by atoms with Crippen molar-refractivity contribution in [1.29, 1.82) is 0 Å². The Labute approximate surface area is 241 Å². The Kier molecular flexibility index (Phi) is 7.44. The molecule has 2 atom stereocenters. The van der Waals surface area contributed by atoms with E-state index in [1.807, 2.05) is 19.9 Å². The number of alkyl halides is 3. The van der Waals surface area contributed by atoms with Gasteiger partial charge in [0.2, 0.25) is 0 Å². The van der Waals surface area contributed by atoms with Gasteiger partial charge in [-0.05, 0) is 85.3 Å². The summed E-state index contributed by atoms with van der Waals surface area (Å²) in [6.45, 7) is 7.30. The van der Waals surface area contributed by atoms with E-state index >= 15 is 0 Å². The van der Waals surface area contributed by atoms with Crippen molar-refractivity contribution in [3.63, 3.8) is 0 Å². The number of aromatic carboxylic acids is 1. The number of rotatable bonds is 8. The number of fused-ring (bicyclic) bond motifs is 2. The molecule has 1 aromatic heterocycles. The van der Waals surface area contributed by atoms with Crippen molar-refractivity contribution < 1.29 is 32.5 Å². The molecular weight excluding hydrogens is 547 g/mol. The number of carbonyl (C=O) groups is 1. The minimum absolute atomic E-state index is 0.0889. The molecule has 3 heterocycles. The molecule has 1 N–H and O–H groups in total. The highest BCUT2D eigenvalue weighted by Crippen LogP contribution is 2.34. The third kappa shape index (κ3) is 5.73. The number of nitrogens with zero attached hydrogens (tertiary/aromatic N) is 3. The van der Waals surface area contributed by atoms with Gasteiger partial charge in [0.05, 0.1) is 41.4 Å². The number of carboxylic acid groups (broad SMARTS) is 1. The number of carboxylic acids is 1. The molecule has 1 unspecified atom stereocenters. The van der Waals surface area contributed by atoms with Crippen LogP contribution in [0.2, 0.25) is 0 Å². The van der Waals surface area contributed by atoms with Crippen LogP contribution in [0.25, 0.3) is 11.0 Å². The Morgan fingerprint density at radius 2 is 1.90 bits per heavy atom. The first-order valence-corrected chi connectivity index (χ1v) is 14.1. The number of aryl methyl sites for hydroxylation is 1. The SMILES string of the molecule is Cc1cc2c(cc1OC(C)c1ccc(C(F)(F)F)cc1)CN(Cc1nc3ccc(C(=O)O)cc3n1C[C@@H]1CCO1)CC2. The van der Waals surface area contributed by atoms with Gasteiger partial charge < -0.3 is 19.1 Å². The second-order valence-electron chi connectivity index (χ2n) is 11.2. The zero-order valence-electron chi connectivity index (χ0n) is 23.4. The number of halogens is 3. The molecule has 3 aromatic carbocycles. The molecule has 0 bridgehead atoms. The van der Waals surface area contributed by atoms with Crippen LogP contribution in [0.5, 0.6) is 5.75 Å². The third-order valence-corrected chi connectivity index (χ3v) is 8.22. The second kappa shape index (κ2) is 11.1. The zero-order chi connectivity index (χ0) is 29.6. The van der Waals surface area contributed by atoms with Crippen molar-refractivity contribution >= 4 is 17.0 Å². The molecule has 0 saturated carbocycles. The van der Waals surface area contributed by atoms with Gasteiger partial charge in [-0.15, -0.1) is 0 Å². The smallest absolute Gasteiger partial charge is 0.416 e. The molecule has 1 saturated heterocycles. The molecule has 42 heavy (non-hydrogen) atoms. The lowest BCUT2D eigenvalue weighted by Gasteiger charge is -2.31. The second-order valence-corrected chi connectivity index (χ2v) is 11.2. The summed E-state index contributed by atoms with van der Waals surface area (Å²) in [7, 11) is 0. The maximum Gasteiger partial charge on any atom is 0.416 e. The third-order valence-electron chi connectivity index (χ3n) is 8.22. The average molecular weight is 580 g/mol. The van der Waals surface area contributed by atoms with Crippen LogP contribution in [0.3, 0.4) is 0 Å². The molecule has 2 aliphatic rings. The van der Waals surface area contributed by atoms with Crippen LogP contribution in [-0.4, -0.2) is 44.8 Å². The highest BCUT2D eigenvalue weighted by Gasteiger charge is 2.30. The maximum atomic E-state index is 13.0. The van der Waals surface area contributed by atoms with Crippen LogP contribution in [0.1, 0.15) is 63.4 Å². The first-order valence-electron chi connectivity index (χ1n) is 14.1. The van der Waals surface area contributed by atoms with Crippen molar-refractivity contribution in [2.75, 3.05) is 13.2 Å². The molecule has 220 valence electrons. The van der Waals surface area contributed by atoms with E-state index in [2.05, 4.69) is 15.5 Å². The summed E-state index contributed by atoms with van der Waals surface area (Å²) in [6.07, 6.45) is -2.89. The molecule has 10 heteroatoms. The van der Waals surface area contributed by atoms with Crippen molar-refractivity contribution in [2.45, 2.75) is 64.7 Å². The summed E-state index contributed by atoms with van der Waals surface area (Å²) in [5.41, 5.74) is 5.14. The van der Waals surface area contributed by atoms with Gasteiger partial charge in [-0.2, -0.15) is 13.2 Å². The highest BCUT2D eigenvalue weighted by atomic mass is 19.4. The number of hydrogen-bond donors (Lipinski definition) is 1. The Balaban J connectivity index is 1.21. The largest absolute Gasteiger partial charge is 0.486 e. The van der Waals surface area contributed by atoms with Gasteiger partial charge in [0, 0.05) is 19.7 Å². The molecule has 1 fully saturated rings. The minimum atomic E-state index is -4.38. The van der Waals surface area contributed by atoms with Crippen LogP contribution < -0.4 is 4.74 Å². The summed E-state index contributed by atoms with van der Waals surface area (Å²) in [6, 6.07) is 14.3. The molecule has 0 amide bonds. The number of aromatic nitrogens is 2. The van der Waals surface area contributed by atoms with E-state index in [1.165, 1.54) is 17.7 Å². The minimum Gasteiger partial charge on any atom is -0.486 e. The Morgan fingerprint density at radius 1 is 1.14 bits per heavy atom. The van der Waals surface area contributed by atoms with Crippen molar-refractivity contribution in [3.8, 4) is 5.75 Å². The molecule has 0 aliphatic carbocycles. The molecule has 0 spiro atoms. The highest BCUT2D eigenvalue weighted by molar-refractivity contribution is 5.92. The normalized spacial score (nSPS) is 18.0. The lowest BCUT2D eigenvalue weighted by molar-refractivity contribution is -0.137. The van der Waals surface area contributed by atoms with Gasteiger partial charge >= 0.3 is 12.1 Å². The van der Waals surface area contributed by atoms with Gasteiger partial charge in [0.15, 0.2) is 0 Å². The van der Waals surface area contributed by atoms with Crippen molar-refractivity contribution in [2.24, 2.45) is 0 Å². The van der Waals surface area contributed by atoms with Crippen LogP contribution >= 0.6 is 0 Å². The number of benzene rings is 3. The Bertz CT molecular complexity index is 1630. The van der Waals surface area contributed by atoms with Crippen LogP contribution in [0.15, 0.2) is 54.6 Å². The van der Waals surface area contributed by atoms with E-state index in [9.17, 15) is 23.1 Å². The summed E-state index contributed by atoms with van der Waals surface area (Å²) < 4.78 is 53.0. The predicted molar refractivity (Wildman–Crippen MR) is 151 cm³/mol. The summed E-state index contributed by atoms with van der Waals surface area (Å²) in [5, 5.41) is 9.52. The fourth-order valence-corrected chi connectivity index (χ4v) is 5.69. The molecule has 2 aliphatic heterocycles. The first-order chi connectivity index (χ1) is 20.0. The van der Waals surface area contributed by atoms with E-state index in [0.29, 0.717) is 30.9 Å². The van der Waals surface area contributed by atoms with E-state index in [4.69, 9.17) is 14.5 Å². The standard InChI is InChI=1S/C32H32F3N3O4/c1-19-13-22-9-11-37(16-24(22)15-29(19)42-20(2)21-3-6-25(7-4-21)32(33,34)35)18-30-36-27-8-5-23(31(39)40)14-28(27)38(30)17-26-10-12-41-26/h3-8,13-15,20,26H,9-12,16-18H2,1-2H3,(H,39,40)/t20?,26-/m0/s1. The number of hydrogen-bond acceptors (Lipinski definition) is 5. The van der Waals surface area contributed by atoms with Crippen LogP contribution in [-0.2, 0) is 37.0 Å². The van der Waals surface area contributed by atoms with E-state index in [-0.39, 0.29) is 11.7 Å². The zero-order valence-corrected chi connectivity index (χ0v) is 23.4.